The van der Waals surface area contributed by atoms with Crippen LogP contribution in [0.3, 0.4) is 0 Å². The lowest BCUT2D eigenvalue weighted by molar-refractivity contribution is 0.0516. The molecule has 0 fully saturated rings. The molecule has 0 saturated carbocycles. The molecular weight excluding hydrogens is 220 g/mol. The fourth-order valence-electron chi connectivity index (χ4n) is 1.90. The molecule has 5 nitrogen and oxygen atoms in total. The molecule has 2 aromatic heterocycles. The standard InChI is InChI=1S/C12H14N2O3/c1-4-17-12(16)9-5-8-7(2)6-13-11(15)10(8)14(9)3/h5-6H,4H2,1-3H3,(H,13,15). The number of carbonyl (C=O) groups excluding carboxylic acids is 1. The summed E-state index contributed by atoms with van der Waals surface area (Å²) in [6, 6.07) is 1.69. The minimum atomic E-state index is -0.412. The first kappa shape index (κ1) is 11.4. The summed E-state index contributed by atoms with van der Waals surface area (Å²) >= 11 is 0. The third-order valence-corrected chi connectivity index (χ3v) is 2.78. The summed E-state index contributed by atoms with van der Waals surface area (Å²) in [4.78, 5) is 26.1. The Hall–Kier alpha value is -2.04. The van der Waals surface area contributed by atoms with Crippen molar-refractivity contribution in [3.05, 3.63) is 33.9 Å². The number of esters is 1. The Labute approximate surface area is 98.0 Å². The maximum atomic E-state index is 11.7. The molecule has 2 heterocycles. The number of ether oxygens (including phenoxy) is 1. The van der Waals surface area contributed by atoms with Crippen molar-refractivity contribution in [3.8, 4) is 0 Å². The Bertz CT molecular complexity index is 637. The number of pyridine rings is 1. The molecule has 0 atom stereocenters. The number of aromatic nitrogens is 2. The summed E-state index contributed by atoms with van der Waals surface area (Å²) in [7, 11) is 1.68. The summed E-state index contributed by atoms with van der Waals surface area (Å²) in [5, 5.41) is 0.777. The molecule has 0 aliphatic carbocycles. The summed E-state index contributed by atoms with van der Waals surface area (Å²) < 4.78 is 6.51. The highest BCUT2D eigenvalue weighted by atomic mass is 16.5. The predicted molar refractivity (Wildman–Crippen MR) is 64.2 cm³/mol. The predicted octanol–water partition coefficient (Wildman–Crippen LogP) is 1.35. The molecule has 1 N–H and O–H groups in total. The molecule has 0 amide bonds. The second-order valence-corrected chi connectivity index (χ2v) is 3.87. The van der Waals surface area contributed by atoms with Gasteiger partial charge in [0.25, 0.3) is 5.56 Å². The van der Waals surface area contributed by atoms with E-state index in [1.54, 1.807) is 30.8 Å². The van der Waals surface area contributed by atoms with E-state index < -0.39 is 5.97 Å². The number of hydrogen-bond acceptors (Lipinski definition) is 3. The maximum absolute atomic E-state index is 11.7. The molecule has 2 rings (SSSR count). The minimum Gasteiger partial charge on any atom is -0.461 e. The van der Waals surface area contributed by atoms with Crippen LogP contribution < -0.4 is 5.56 Å². The van der Waals surface area contributed by atoms with Crippen LogP contribution in [0.4, 0.5) is 0 Å². The van der Waals surface area contributed by atoms with Crippen molar-refractivity contribution in [1.82, 2.24) is 9.55 Å². The normalized spacial score (nSPS) is 10.8. The molecule has 17 heavy (non-hydrogen) atoms. The quantitative estimate of drug-likeness (QED) is 0.798. The van der Waals surface area contributed by atoms with Crippen LogP contribution >= 0.6 is 0 Å². The topological polar surface area (TPSA) is 64.1 Å². The van der Waals surface area contributed by atoms with Crippen molar-refractivity contribution < 1.29 is 9.53 Å². The van der Waals surface area contributed by atoms with Crippen molar-refractivity contribution in [2.45, 2.75) is 13.8 Å². The van der Waals surface area contributed by atoms with Gasteiger partial charge in [0.1, 0.15) is 11.2 Å². The fourth-order valence-corrected chi connectivity index (χ4v) is 1.90. The molecule has 0 spiro atoms. The van der Waals surface area contributed by atoms with E-state index in [1.807, 2.05) is 6.92 Å². The van der Waals surface area contributed by atoms with E-state index >= 15 is 0 Å². The van der Waals surface area contributed by atoms with Gasteiger partial charge in [0.2, 0.25) is 0 Å². The van der Waals surface area contributed by atoms with Crippen LogP contribution in [0, 0.1) is 6.92 Å². The molecule has 0 aromatic carbocycles. The molecule has 90 valence electrons. The van der Waals surface area contributed by atoms with E-state index in [-0.39, 0.29) is 5.56 Å². The van der Waals surface area contributed by atoms with Gasteiger partial charge in [-0.1, -0.05) is 0 Å². The van der Waals surface area contributed by atoms with Gasteiger partial charge in [0.05, 0.1) is 6.61 Å². The average molecular weight is 234 g/mol. The van der Waals surface area contributed by atoms with Gasteiger partial charge in [0.15, 0.2) is 0 Å². The number of nitrogens with zero attached hydrogens (tertiary/aromatic N) is 1. The van der Waals surface area contributed by atoms with Crippen LogP contribution in [0.1, 0.15) is 23.0 Å². The van der Waals surface area contributed by atoms with E-state index in [9.17, 15) is 9.59 Å². The van der Waals surface area contributed by atoms with E-state index in [1.165, 1.54) is 0 Å². The molecule has 0 bridgehead atoms. The van der Waals surface area contributed by atoms with E-state index in [0.29, 0.717) is 17.8 Å². The average Bonchev–Trinajstić information content (AvgIpc) is 2.63. The zero-order valence-corrected chi connectivity index (χ0v) is 10.0. The molecule has 0 unspecified atom stereocenters. The Morgan fingerprint density at radius 3 is 2.82 bits per heavy atom. The van der Waals surface area contributed by atoms with Crippen molar-refractivity contribution in [3.63, 3.8) is 0 Å². The number of carbonyl (C=O) groups is 1. The zero-order valence-electron chi connectivity index (χ0n) is 10.0. The summed E-state index contributed by atoms with van der Waals surface area (Å²) in [6.07, 6.45) is 1.64. The Morgan fingerprint density at radius 2 is 2.24 bits per heavy atom. The van der Waals surface area contributed by atoms with Crippen LogP contribution in [0.25, 0.3) is 10.9 Å². The van der Waals surface area contributed by atoms with E-state index in [0.717, 1.165) is 10.9 Å². The number of nitrogens with one attached hydrogen (secondary N) is 1. The second kappa shape index (κ2) is 4.08. The third kappa shape index (κ3) is 1.73. The van der Waals surface area contributed by atoms with Gasteiger partial charge < -0.3 is 14.3 Å². The van der Waals surface area contributed by atoms with Crippen molar-refractivity contribution >= 4 is 16.9 Å². The molecule has 0 radical (unpaired) electrons. The summed E-state index contributed by atoms with van der Waals surface area (Å²) in [6.45, 7) is 3.95. The van der Waals surface area contributed by atoms with Crippen LogP contribution in [-0.4, -0.2) is 22.1 Å². The molecule has 5 heteroatoms. The molecule has 0 saturated heterocycles. The largest absolute Gasteiger partial charge is 0.461 e. The lowest BCUT2D eigenvalue weighted by Gasteiger charge is -2.02. The lowest BCUT2D eigenvalue weighted by Crippen LogP contribution is -2.13. The number of rotatable bonds is 2. The highest BCUT2D eigenvalue weighted by Crippen LogP contribution is 2.18. The molecule has 0 aliphatic rings. The SMILES string of the molecule is CCOC(=O)c1cc2c(C)c[nH]c(=O)c2n1C. The number of aryl methyl sites for hydroxylation is 2. The number of fused-ring (bicyclic) bond motifs is 1. The van der Waals surface area contributed by atoms with Gasteiger partial charge in [-0.15, -0.1) is 0 Å². The third-order valence-electron chi connectivity index (χ3n) is 2.78. The second-order valence-electron chi connectivity index (χ2n) is 3.87. The highest BCUT2D eigenvalue weighted by Gasteiger charge is 2.17. The zero-order chi connectivity index (χ0) is 12.6. The summed E-state index contributed by atoms with van der Waals surface area (Å²) in [5.41, 5.74) is 1.60. The van der Waals surface area contributed by atoms with Gasteiger partial charge in [-0.3, -0.25) is 4.79 Å². The smallest absolute Gasteiger partial charge is 0.354 e. The molecule has 2 aromatic rings. The van der Waals surface area contributed by atoms with Crippen LogP contribution in [-0.2, 0) is 11.8 Å². The molecule has 0 aliphatic heterocycles. The fraction of sp³-hybridized carbons (Fsp3) is 0.333. The van der Waals surface area contributed by atoms with Crippen LogP contribution in [0.15, 0.2) is 17.1 Å². The first-order chi connectivity index (χ1) is 8.06. The Kier molecular flexibility index (Phi) is 2.75. The summed E-state index contributed by atoms with van der Waals surface area (Å²) in [5.74, 6) is -0.412. The van der Waals surface area contributed by atoms with Gasteiger partial charge in [-0.2, -0.15) is 0 Å². The van der Waals surface area contributed by atoms with Gasteiger partial charge in [0, 0.05) is 18.6 Å². The highest BCUT2D eigenvalue weighted by molar-refractivity contribution is 5.96. The first-order valence-electron chi connectivity index (χ1n) is 5.41. The van der Waals surface area contributed by atoms with Crippen molar-refractivity contribution in [2.75, 3.05) is 6.61 Å². The number of H-pyrrole nitrogens is 1. The van der Waals surface area contributed by atoms with Gasteiger partial charge in [-0.25, -0.2) is 4.79 Å². The number of hydrogen-bond donors (Lipinski definition) is 1. The van der Waals surface area contributed by atoms with Crippen LogP contribution in [0.5, 0.6) is 0 Å². The van der Waals surface area contributed by atoms with Gasteiger partial charge >= 0.3 is 5.97 Å². The minimum absolute atomic E-state index is 0.205. The molecular formula is C12H14N2O3. The van der Waals surface area contributed by atoms with Crippen molar-refractivity contribution in [2.24, 2.45) is 7.05 Å². The van der Waals surface area contributed by atoms with E-state index in [2.05, 4.69) is 4.98 Å². The number of aromatic amines is 1. The van der Waals surface area contributed by atoms with Gasteiger partial charge in [-0.05, 0) is 25.5 Å². The Morgan fingerprint density at radius 1 is 1.53 bits per heavy atom. The maximum Gasteiger partial charge on any atom is 0.354 e. The Balaban J connectivity index is 2.73. The monoisotopic (exact) mass is 234 g/mol. The first-order valence-corrected chi connectivity index (χ1v) is 5.41. The van der Waals surface area contributed by atoms with E-state index in [4.69, 9.17) is 4.74 Å². The lowest BCUT2D eigenvalue weighted by atomic mass is 10.2. The van der Waals surface area contributed by atoms with Crippen molar-refractivity contribution in [1.29, 1.82) is 0 Å². The van der Waals surface area contributed by atoms with Crippen LogP contribution in [0.2, 0.25) is 0 Å².